The van der Waals surface area contributed by atoms with E-state index >= 15 is 0 Å². The predicted octanol–water partition coefficient (Wildman–Crippen LogP) is 6.78. The molecule has 0 amide bonds. The summed E-state index contributed by atoms with van der Waals surface area (Å²) in [5, 5.41) is 0. The zero-order valence-electron chi connectivity index (χ0n) is 35.0. The van der Waals surface area contributed by atoms with Crippen LogP contribution < -0.4 is 4.74 Å². The summed E-state index contributed by atoms with van der Waals surface area (Å²) in [4.78, 5) is 11.7. The average molecular weight is 865 g/mol. The minimum absolute atomic E-state index is 0.0817. The molecule has 0 bridgehead atoms. The van der Waals surface area contributed by atoms with Gasteiger partial charge >= 0.3 is 5.97 Å². The summed E-state index contributed by atoms with van der Waals surface area (Å²) < 4.78 is 131. The molecule has 0 aliphatic rings. The zero-order valence-corrected chi connectivity index (χ0v) is 35.0. The second kappa shape index (κ2) is 41.3. The minimum atomic E-state index is -2.35. The SMILES string of the molecule is CCCCCCCCCCCCOCCOCCOCCOCCOCCOCCOCCOCCOCCOCCOCCC(=O)Oc1c(F)c(F)c(F)c(F)c1F. The molecule has 0 saturated carbocycles. The van der Waals surface area contributed by atoms with E-state index in [1.54, 1.807) is 0 Å². The zero-order chi connectivity index (χ0) is 42.9. The maximum Gasteiger partial charge on any atom is 0.313 e. The Balaban J connectivity index is 1.69. The van der Waals surface area contributed by atoms with E-state index < -0.39 is 47.2 Å². The van der Waals surface area contributed by atoms with Crippen molar-refractivity contribution in [1.29, 1.82) is 0 Å². The molecular formula is C41H69F5O13. The van der Waals surface area contributed by atoms with Gasteiger partial charge in [0.2, 0.25) is 34.8 Å². The third-order valence-electron chi connectivity index (χ3n) is 8.20. The molecule has 0 saturated heterocycles. The van der Waals surface area contributed by atoms with Gasteiger partial charge in [0.1, 0.15) is 0 Å². The van der Waals surface area contributed by atoms with Crippen LogP contribution in [0, 0.1) is 29.1 Å². The van der Waals surface area contributed by atoms with Crippen molar-refractivity contribution in [2.24, 2.45) is 0 Å². The summed E-state index contributed by atoms with van der Waals surface area (Å²) >= 11 is 0. The number of benzene rings is 1. The molecule has 0 spiro atoms. The van der Waals surface area contributed by atoms with Gasteiger partial charge in [-0.15, -0.1) is 0 Å². The third kappa shape index (κ3) is 32.3. The summed E-state index contributed by atoms with van der Waals surface area (Å²) in [5.41, 5.74) is 0. The lowest BCUT2D eigenvalue weighted by molar-refractivity contribution is -0.136. The lowest BCUT2D eigenvalue weighted by Gasteiger charge is -2.09. The first-order chi connectivity index (χ1) is 28.9. The number of halogens is 5. The lowest BCUT2D eigenvalue weighted by atomic mass is 10.1. The van der Waals surface area contributed by atoms with Gasteiger partial charge in [-0.2, -0.15) is 8.78 Å². The van der Waals surface area contributed by atoms with E-state index in [4.69, 9.17) is 52.1 Å². The summed E-state index contributed by atoms with van der Waals surface area (Å²) in [5.74, 6) is -14.1. The van der Waals surface area contributed by atoms with E-state index in [0.717, 1.165) is 13.0 Å². The van der Waals surface area contributed by atoms with Crippen molar-refractivity contribution < 1.29 is 83.6 Å². The molecule has 0 aromatic heterocycles. The van der Waals surface area contributed by atoms with Crippen molar-refractivity contribution >= 4 is 5.97 Å². The van der Waals surface area contributed by atoms with Gasteiger partial charge in [0, 0.05) is 6.61 Å². The normalized spacial score (nSPS) is 11.6. The highest BCUT2D eigenvalue weighted by Crippen LogP contribution is 2.29. The molecule has 0 aliphatic heterocycles. The van der Waals surface area contributed by atoms with Crippen LogP contribution in [0.2, 0.25) is 0 Å². The van der Waals surface area contributed by atoms with E-state index in [1.165, 1.54) is 57.8 Å². The Kier molecular flexibility index (Phi) is 38.4. The van der Waals surface area contributed by atoms with Crippen LogP contribution in [-0.4, -0.2) is 151 Å². The van der Waals surface area contributed by atoms with Gasteiger partial charge in [0.25, 0.3) is 0 Å². The van der Waals surface area contributed by atoms with Crippen LogP contribution in [-0.2, 0) is 56.9 Å². The molecule has 0 heterocycles. The van der Waals surface area contributed by atoms with E-state index in [2.05, 4.69) is 11.7 Å². The largest absolute Gasteiger partial charge is 0.420 e. The highest BCUT2D eigenvalue weighted by Gasteiger charge is 2.28. The Labute approximate surface area is 347 Å². The molecule has 0 aliphatic carbocycles. The van der Waals surface area contributed by atoms with Gasteiger partial charge in [0.15, 0.2) is 0 Å². The molecule has 0 fully saturated rings. The second-order valence-electron chi connectivity index (χ2n) is 13.0. The van der Waals surface area contributed by atoms with Crippen LogP contribution >= 0.6 is 0 Å². The van der Waals surface area contributed by atoms with Gasteiger partial charge in [0.05, 0.1) is 145 Å². The van der Waals surface area contributed by atoms with E-state index in [1.807, 2.05) is 0 Å². The third-order valence-corrected chi connectivity index (χ3v) is 8.20. The Morgan fingerprint density at radius 3 is 0.864 bits per heavy atom. The molecule has 0 radical (unpaired) electrons. The maximum absolute atomic E-state index is 13.6. The quantitative estimate of drug-likeness (QED) is 0.0171. The Hall–Kier alpha value is -2.10. The van der Waals surface area contributed by atoms with Gasteiger partial charge in [-0.3, -0.25) is 4.79 Å². The van der Waals surface area contributed by atoms with E-state index in [0.29, 0.717) is 112 Å². The summed E-state index contributed by atoms with van der Waals surface area (Å²) in [6, 6.07) is 0. The van der Waals surface area contributed by atoms with E-state index in [-0.39, 0.29) is 26.4 Å². The lowest BCUT2D eigenvalue weighted by Crippen LogP contribution is -2.16. The standard InChI is InChI=1S/C41H69F5O13/c1-2-3-4-5-6-7-8-9-10-11-13-48-15-17-50-19-21-52-23-25-54-27-29-56-31-33-58-34-32-57-30-28-55-26-24-53-22-20-51-18-16-49-14-12-35(47)59-41-39(45)37(43)36(42)38(44)40(41)46/h2-34H2,1H3. The van der Waals surface area contributed by atoms with Gasteiger partial charge in [-0.05, 0) is 6.42 Å². The second-order valence-corrected chi connectivity index (χ2v) is 13.0. The number of ether oxygens (including phenoxy) is 12. The number of hydrogen-bond acceptors (Lipinski definition) is 13. The minimum Gasteiger partial charge on any atom is -0.420 e. The molecular weight excluding hydrogens is 795 g/mol. The van der Waals surface area contributed by atoms with Crippen molar-refractivity contribution in [2.45, 2.75) is 77.6 Å². The topological polar surface area (TPSA) is 128 Å². The van der Waals surface area contributed by atoms with Crippen LogP contribution in [0.15, 0.2) is 0 Å². The summed E-state index contributed by atoms with van der Waals surface area (Å²) in [7, 11) is 0. The van der Waals surface area contributed by atoms with E-state index in [9.17, 15) is 26.7 Å². The van der Waals surface area contributed by atoms with Crippen LogP contribution in [0.4, 0.5) is 22.0 Å². The fourth-order valence-corrected chi connectivity index (χ4v) is 4.99. The molecule has 1 aromatic rings. The monoisotopic (exact) mass is 864 g/mol. The van der Waals surface area contributed by atoms with Crippen molar-refractivity contribution in [3.8, 4) is 5.75 Å². The first-order valence-electron chi connectivity index (χ1n) is 21.0. The van der Waals surface area contributed by atoms with Crippen LogP contribution in [0.3, 0.4) is 0 Å². The summed E-state index contributed by atoms with van der Waals surface area (Å²) in [6.07, 6.45) is 12.7. The maximum atomic E-state index is 13.6. The number of rotatable bonds is 45. The molecule has 13 nitrogen and oxygen atoms in total. The van der Waals surface area contributed by atoms with Crippen molar-refractivity contribution in [2.75, 3.05) is 145 Å². The Bertz CT molecular complexity index is 1100. The first kappa shape index (κ1) is 54.9. The highest BCUT2D eigenvalue weighted by atomic mass is 19.2. The number of esters is 1. The number of carbonyl (C=O) groups is 1. The number of carbonyl (C=O) groups excluding carboxylic acids is 1. The summed E-state index contributed by atoms with van der Waals surface area (Å²) in [6.45, 7) is 11.3. The van der Waals surface area contributed by atoms with Gasteiger partial charge in [-0.25, -0.2) is 13.2 Å². The Morgan fingerprint density at radius 2 is 0.559 bits per heavy atom. The molecule has 1 aromatic carbocycles. The molecule has 59 heavy (non-hydrogen) atoms. The molecule has 346 valence electrons. The highest BCUT2D eigenvalue weighted by molar-refractivity contribution is 5.72. The van der Waals surface area contributed by atoms with Crippen molar-refractivity contribution in [1.82, 2.24) is 0 Å². The van der Waals surface area contributed by atoms with Crippen LogP contribution in [0.5, 0.6) is 5.75 Å². The number of hydrogen-bond donors (Lipinski definition) is 0. The molecule has 18 heteroatoms. The smallest absolute Gasteiger partial charge is 0.313 e. The fraction of sp³-hybridized carbons (Fsp3) is 0.829. The average Bonchev–Trinajstić information content (AvgIpc) is 3.24. The van der Waals surface area contributed by atoms with Crippen LogP contribution in [0.25, 0.3) is 0 Å². The molecule has 0 N–H and O–H groups in total. The number of unbranched alkanes of at least 4 members (excludes halogenated alkanes) is 9. The fourth-order valence-electron chi connectivity index (χ4n) is 4.99. The van der Waals surface area contributed by atoms with Crippen molar-refractivity contribution in [3.05, 3.63) is 29.1 Å². The molecule has 0 atom stereocenters. The van der Waals surface area contributed by atoms with Crippen molar-refractivity contribution in [3.63, 3.8) is 0 Å². The van der Waals surface area contributed by atoms with Crippen LogP contribution in [0.1, 0.15) is 77.6 Å². The van der Waals surface area contributed by atoms with Gasteiger partial charge < -0.3 is 56.8 Å². The molecule has 0 unspecified atom stereocenters. The predicted molar refractivity (Wildman–Crippen MR) is 207 cm³/mol. The first-order valence-corrected chi connectivity index (χ1v) is 21.0. The van der Waals surface area contributed by atoms with Gasteiger partial charge in [-0.1, -0.05) is 64.7 Å². The Morgan fingerprint density at radius 1 is 0.322 bits per heavy atom. The molecule has 1 rings (SSSR count).